The summed E-state index contributed by atoms with van der Waals surface area (Å²) in [6.07, 6.45) is 3.97. The van der Waals surface area contributed by atoms with Crippen LogP contribution in [0.1, 0.15) is 23.1 Å². The van der Waals surface area contributed by atoms with E-state index in [9.17, 15) is 4.79 Å². The zero-order valence-corrected chi connectivity index (χ0v) is 9.55. The monoisotopic (exact) mass is 227 g/mol. The summed E-state index contributed by atoms with van der Waals surface area (Å²) < 4.78 is 0. The molecule has 0 aliphatic heterocycles. The van der Waals surface area contributed by atoms with E-state index >= 15 is 0 Å². The van der Waals surface area contributed by atoms with Gasteiger partial charge >= 0.3 is 0 Å². The summed E-state index contributed by atoms with van der Waals surface area (Å²) in [7, 11) is 0. The molecule has 0 atom stereocenters. The van der Waals surface area contributed by atoms with Crippen molar-refractivity contribution in [1.29, 1.82) is 0 Å². The third-order valence-corrected chi connectivity index (χ3v) is 2.42. The molecule has 0 spiro atoms. The second kappa shape index (κ2) is 5.21. The van der Waals surface area contributed by atoms with Crippen molar-refractivity contribution >= 4 is 11.6 Å². The quantitative estimate of drug-likeness (QED) is 0.875. The molecule has 86 valence electrons. The highest BCUT2D eigenvalue weighted by Crippen LogP contribution is 2.15. The number of hydrogen-bond acceptors (Lipinski definition) is 3. The summed E-state index contributed by atoms with van der Waals surface area (Å²) in [5, 5.41) is 2.81. The number of aromatic nitrogens is 2. The highest BCUT2D eigenvalue weighted by molar-refractivity contribution is 6.01. The molecule has 17 heavy (non-hydrogen) atoms. The average molecular weight is 227 g/mol. The van der Waals surface area contributed by atoms with E-state index < -0.39 is 0 Å². The molecule has 1 heterocycles. The largest absolute Gasteiger partial charge is 0.319 e. The second-order valence-corrected chi connectivity index (χ2v) is 3.54. The normalized spacial score (nSPS) is 9.94. The van der Waals surface area contributed by atoms with Gasteiger partial charge in [-0.15, -0.1) is 0 Å². The van der Waals surface area contributed by atoms with E-state index in [1.807, 2.05) is 31.2 Å². The lowest BCUT2D eigenvalue weighted by Crippen LogP contribution is -2.16. The van der Waals surface area contributed by atoms with E-state index in [-0.39, 0.29) is 11.7 Å². The Kier molecular flexibility index (Phi) is 3.45. The molecule has 1 aromatic carbocycles. The van der Waals surface area contributed by atoms with Gasteiger partial charge < -0.3 is 5.32 Å². The van der Waals surface area contributed by atoms with Gasteiger partial charge in [-0.1, -0.05) is 25.1 Å². The van der Waals surface area contributed by atoms with Crippen molar-refractivity contribution in [2.24, 2.45) is 0 Å². The van der Waals surface area contributed by atoms with Gasteiger partial charge in [-0.25, -0.2) is 9.97 Å². The zero-order chi connectivity index (χ0) is 12.1. The standard InChI is InChI=1S/C13H13N3O/c1-2-10-6-3-4-7-11(10)16-13(17)12-14-8-5-9-15-12/h3-9H,2H2,1H3,(H,16,17). The van der Waals surface area contributed by atoms with Crippen LogP contribution >= 0.6 is 0 Å². The summed E-state index contributed by atoms with van der Waals surface area (Å²) in [5.41, 5.74) is 1.91. The molecule has 0 aliphatic carbocycles. The van der Waals surface area contributed by atoms with Crippen molar-refractivity contribution in [1.82, 2.24) is 9.97 Å². The van der Waals surface area contributed by atoms with Gasteiger partial charge in [0.25, 0.3) is 5.91 Å². The molecule has 1 aromatic heterocycles. The third-order valence-electron chi connectivity index (χ3n) is 2.42. The fraction of sp³-hybridized carbons (Fsp3) is 0.154. The first-order valence-electron chi connectivity index (χ1n) is 5.47. The van der Waals surface area contributed by atoms with Gasteiger partial charge in [-0.2, -0.15) is 0 Å². The van der Waals surface area contributed by atoms with E-state index in [1.54, 1.807) is 18.5 Å². The van der Waals surface area contributed by atoms with E-state index in [2.05, 4.69) is 15.3 Å². The molecule has 2 rings (SSSR count). The van der Waals surface area contributed by atoms with Crippen molar-refractivity contribution in [2.75, 3.05) is 5.32 Å². The number of nitrogens with one attached hydrogen (secondary N) is 1. The maximum atomic E-state index is 11.8. The zero-order valence-electron chi connectivity index (χ0n) is 9.55. The van der Waals surface area contributed by atoms with Crippen molar-refractivity contribution in [2.45, 2.75) is 13.3 Å². The molecule has 0 saturated carbocycles. The number of nitrogens with zero attached hydrogens (tertiary/aromatic N) is 2. The minimum Gasteiger partial charge on any atom is -0.319 e. The van der Waals surface area contributed by atoms with E-state index in [0.29, 0.717) is 0 Å². The van der Waals surface area contributed by atoms with Crippen LogP contribution < -0.4 is 5.32 Å². The Morgan fingerprint density at radius 2 is 1.88 bits per heavy atom. The molecule has 0 radical (unpaired) electrons. The average Bonchev–Trinajstić information content (AvgIpc) is 2.40. The fourth-order valence-corrected chi connectivity index (χ4v) is 1.55. The van der Waals surface area contributed by atoms with Crippen LogP contribution in [-0.2, 0) is 6.42 Å². The Morgan fingerprint density at radius 3 is 2.59 bits per heavy atom. The van der Waals surface area contributed by atoms with Crippen LogP contribution in [0.2, 0.25) is 0 Å². The van der Waals surface area contributed by atoms with E-state index in [0.717, 1.165) is 17.7 Å². The maximum Gasteiger partial charge on any atom is 0.293 e. The van der Waals surface area contributed by atoms with Crippen LogP contribution in [0.15, 0.2) is 42.7 Å². The number of amides is 1. The van der Waals surface area contributed by atoms with Gasteiger partial charge in [-0.05, 0) is 24.1 Å². The van der Waals surface area contributed by atoms with Crippen molar-refractivity contribution < 1.29 is 4.79 Å². The molecule has 1 amide bonds. The Balaban J connectivity index is 2.19. The summed E-state index contributed by atoms with van der Waals surface area (Å²) in [4.78, 5) is 19.7. The molecule has 1 N–H and O–H groups in total. The lowest BCUT2D eigenvalue weighted by Gasteiger charge is -2.08. The minimum absolute atomic E-state index is 0.179. The van der Waals surface area contributed by atoms with Crippen molar-refractivity contribution in [3.63, 3.8) is 0 Å². The lowest BCUT2D eigenvalue weighted by atomic mass is 10.1. The number of para-hydroxylation sites is 1. The minimum atomic E-state index is -0.286. The Hall–Kier alpha value is -2.23. The summed E-state index contributed by atoms with van der Waals surface area (Å²) in [5.74, 6) is -0.107. The summed E-state index contributed by atoms with van der Waals surface area (Å²) >= 11 is 0. The van der Waals surface area contributed by atoms with Crippen LogP contribution in [0.3, 0.4) is 0 Å². The van der Waals surface area contributed by atoms with Gasteiger partial charge in [0, 0.05) is 18.1 Å². The second-order valence-electron chi connectivity index (χ2n) is 3.54. The van der Waals surface area contributed by atoms with Gasteiger partial charge in [0.15, 0.2) is 0 Å². The van der Waals surface area contributed by atoms with Crippen molar-refractivity contribution in [3.8, 4) is 0 Å². The van der Waals surface area contributed by atoms with E-state index in [4.69, 9.17) is 0 Å². The van der Waals surface area contributed by atoms with Crippen LogP contribution in [-0.4, -0.2) is 15.9 Å². The third kappa shape index (κ3) is 2.66. The fourth-order valence-electron chi connectivity index (χ4n) is 1.55. The first-order chi connectivity index (χ1) is 8.31. The lowest BCUT2D eigenvalue weighted by molar-refractivity contribution is 0.101. The maximum absolute atomic E-state index is 11.8. The highest BCUT2D eigenvalue weighted by Gasteiger charge is 2.09. The highest BCUT2D eigenvalue weighted by atomic mass is 16.2. The Morgan fingerprint density at radius 1 is 1.18 bits per heavy atom. The predicted molar refractivity (Wildman–Crippen MR) is 65.8 cm³/mol. The van der Waals surface area contributed by atoms with Crippen LogP contribution in [0.5, 0.6) is 0 Å². The molecule has 0 aliphatic rings. The van der Waals surface area contributed by atoms with Crippen molar-refractivity contribution in [3.05, 3.63) is 54.1 Å². The summed E-state index contributed by atoms with van der Waals surface area (Å²) in [6, 6.07) is 9.38. The van der Waals surface area contributed by atoms with Gasteiger partial charge in [-0.3, -0.25) is 4.79 Å². The molecule has 0 fully saturated rings. The SMILES string of the molecule is CCc1ccccc1NC(=O)c1ncccn1. The summed E-state index contributed by atoms with van der Waals surface area (Å²) in [6.45, 7) is 2.05. The predicted octanol–water partition coefficient (Wildman–Crippen LogP) is 2.29. The number of hydrogen-bond donors (Lipinski definition) is 1. The van der Waals surface area contributed by atoms with Crippen LogP contribution in [0.25, 0.3) is 0 Å². The molecule has 4 nitrogen and oxygen atoms in total. The first-order valence-corrected chi connectivity index (χ1v) is 5.47. The molecular formula is C13H13N3O. The number of carbonyl (C=O) groups excluding carboxylic acids is 1. The number of aryl methyl sites for hydroxylation is 1. The Labute approximate surface area is 99.7 Å². The molecule has 0 saturated heterocycles. The van der Waals surface area contributed by atoms with Gasteiger partial charge in [0.2, 0.25) is 5.82 Å². The topological polar surface area (TPSA) is 54.9 Å². The van der Waals surface area contributed by atoms with Crippen LogP contribution in [0.4, 0.5) is 5.69 Å². The molecular weight excluding hydrogens is 214 g/mol. The molecule has 0 unspecified atom stereocenters. The molecule has 0 bridgehead atoms. The number of anilines is 1. The number of benzene rings is 1. The smallest absolute Gasteiger partial charge is 0.293 e. The molecule has 2 aromatic rings. The van der Waals surface area contributed by atoms with Crippen LogP contribution in [0, 0.1) is 0 Å². The number of carbonyl (C=O) groups is 1. The first kappa shape index (κ1) is 11.3. The Bertz CT molecular complexity index is 511. The van der Waals surface area contributed by atoms with Gasteiger partial charge in [0.05, 0.1) is 0 Å². The van der Waals surface area contributed by atoms with E-state index in [1.165, 1.54) is 0 Å². The van der Waals surface area contributed by atoms with Gasteiger partial charge in [0.1, 0.15) is 0 Å². The molecule has 4 heteroatoms. The number of rotatable bonds is 3.